The number of benzene rings is 2. The summed E-state index contributed by atoms with van der Waals surface area (Å²) in [6.07, 6.45) is 0. The smallest absolute Gasteiger partial charge is 0.165 e. The Balaban J connectivity index is 2.78. The molecule has 0 saturated heterocycles. The Morgan fingerprint density at radius 2 is 1.50 bits per heavy atom. The summed E-state index contributed by atoms with van der Waals surface area (Å²) in [5, 5.41) is 29.3. The van der Waals surface area contributed by atoms with Gasteiger partial charge in [-0.1, -0.05) is 23.8 Å². The molecule has 2 aromatic rings. The van der Waals surface area contributed by atoms with E-state index in [0.717, 1.165) is 22.8 Å². The first kappa shape index (κ1) is 12.3. The number of rotatable bonds is 1. The Morgan fingerprint density at radius 1 is 0.833 bits per heavy atom. The standard InChI is InChI=1S/C15H16O3/c1-8-4-5-11(9(2)6-8)14-10(3)12(16)7-13(17)15(14)18/h4-7,16-18H,1-3H3. The zero-order valence-corrected chi connectivity index (χ0v) is 10.7. The zero-order valence-electron chi connectivity index (χ0n) is 10.7. The molecule has 0 aliphatic carbocycles. The van der Waals surface area contributed by atoms with Crippen LogP contribution >= 0.6 is 0 Å². The molecular formula is C15H16O3. The van der Waals surface area contributed by atoms with Crippen LogP contribution in [0.1, 0.15) is 16.7 Å². The summed E-state index contributed by atoms with van der Waals surface area (Å²) in [6.45, 7) is 5.63. The van der Waals surface area contributed by atoms with Gasteiger partial charge in [0.05, 0.1) is 0 Å². The van der Waals surface area contributed by atoms with E-state index in [9.17, 15) is 15.3 Å². The van der Waals surface area contributed by atoms with Gasteiger partial charge in [-0.3, -0.25) is 0 Å². The summed E-state index contributed by atoms with van der Waals surface area (Å²) in [7, 11) is 0. The van der Waals surface area contributed by atoms with Crippen molar-refractivity contribution in [2.24, 2.45) is 0 Å². The molecule has 0 unspecified atom stereocenters. The zero-order chi connectivity index (χ0) is 13.4. The highest BCUT2D eigenvalue weighted by Gasteiger charge is 2.17. The second-order valence-electron chi connectivity index (χ2n) is 4.58. The largest absolute Gasteiger partial charge is 0.508 e. The van der Waals surface area contributed by atoms with E-state index >= 15 is 0 Å². The molecule has 3 N–H and O–H groups in total. The lowest BCUT2D eigenvalue weighted by Crippen LogP contribution is -1.90. The first-order valence-corrected chi connectivity index (χ1v) is 5.74. The molecule has 0 heterocycles. The summed E-state index contributed by atoms with van der Waals surface area (Å²) >= 11 is 0. The van der Waals surface area contributed by atoms with Crippen molar-refractivity contribution in [1.82, 2.24) is 0 Å². The van der Waals surface area contributed by atoms with Gasteiger partial charge < -0.3 is 15.3 Å². The molecule has 0 fully saturated rings. The maximum Gasteiger partial charge on any atom is 0.165 e. The van der Waals surface area contributed by atoms with Crippen molar-refractivity contribution in [3.63, 3.8) is 0 Å². The molecule has 3 nitrogen and oxygen atoms in total. The molecule has 0 amide bonds. The van der Waals surface area contributed by atoms with Crippen LogP contribution in [0.5, 0.6) is 17.2 Å². The highest BCUT2D eigenvalue weighted by molar-refractivity contribution is 5.80. The van der Waals surface area contributed by atoms with Crippen molar-refractivity contribution in [2.45, 2.75) is 20.8 Å². The molecule has 0 radical (unpaired) electrons. The number of aromatic hydroxyl groups is 3. The highest BCUT2D eigenvalue weighted by atomic mass is 16.3. The molecule has 0 bridgehead atoms. The molecule has 94 valence electrons. The summed E-state index contributed by atoms with van der Waals surface area (Å²) in [4.78, 5) is 0. The van der Waals surface area contributed by atoms with E-state index in [-0.39, 0.29) is 17.2 Å². The van der Waals surface area contributed by atoms with E-state index in [2.05, 4.69) is 0 Å². The minimum atomic E-state index is -0.312. The topological polar surface area (TPSA) is 60.7 Å². The maximum atomic E-state index is 9.99. The fourth-order valence-corrected chi connectivity index (χ4v) is 2.16. The predicted molar refractivity (Wildman–Crippen MR) is 71.1 cm³/mol. The van der Waals surface area contributed by atoms with Gasteiger partial charge >= 0.3 is 0 Å². The predicted octanol–water partition coefficient (Wildman–Crippen LogP) is 3.40. The fourth-order valence-electron chi connectivity index (χ4n) is 2.16. The van der Waals surface area contributed by atoms with Crippen molar-refractivity contribution >= 4 is 0 Å². The Hall–Kier alpha value is -2.16. The van der Waals surface area contributed by atoms with E-state index in [1.54, 1.807) is 6.92 Å². The normalized spacial score (nSPS) is 10.6. The maximum absolute atomic E-state index is 9.99. The van der Waals surface area contributed by atoms with Crippen LogP contribution in [0, 0.1) is 20.8 Å². The van der Waals surface area contributed by atoms with Crippen molar-refractivity contribution < 1.29 is 15.3 Å². The third kappa shape index (κ3) is 1.88. The average molecular weight is 244 g/mol. The second-order valence-corrected chi connectivity index (χ2v) is 4.58. The molecular weight excluding hydrogens is 228 g/mol. The molecule has 2 aromatic carbocycles. The Labute approximate surface area is 106 Å². The van der Waals surface area contributed by atoms with Crippen LogP contribution in [-0.2, 0) is 0 Å². The van der Waals surface area contributed by atoms with Crippen LogP contribution in [0.25, 0.3) is 11.1 Å². The third-order valence-corrected chi connectivity index (χ3v) is 3.16. The lowest BCUT2D eigenvalue weighted by atomic mass is 9.93. The van der Waals surface area contributed by atoms with E-state index in [1.165, 1.54) is 0 Å². The monoisotopic (exact) mass is 244 g/mol. The van der Waals surface area contributed by atoms with Crippen LogP contribution in [0.3, 0.4) is 0 Å². The van der Waals surface area contributed by atoms with Gasteiger partial charge in [0.1, 0.15) is 5.75 Å². The first-order valence-electron chi connectivity index (χ1n) is 5.74. The number of hydrogen-bond donors (Lipinski definition) is 3. The number of aryl methyl sites for hydroxylation is 2. The molecule has 0 aliphatic heterocycles. The SMILES string of the molecule is Cc1ccc(-c2c(C)c(O)cc(O)c2O)c(C)c1. The van der Waals surface area contributed by atoms with Gasteiger partial charge in [0.2, 0.25) is 0 Å². The second kappa shape index (κ2) is 4.26. The minimum absolute atomic E-state index is 0.0275. The summed E-state index contributed by atoms with van der Waals surface area (Å²) < 4.78 is 0. The van der Waals surface area contributed by atoms with Crippen LogP contribution < -0.4 is 0 Å². The Kier molecular flexibility index (Phi) is 2.91. The van der Waals surface area contributed by atoms with Crippen LogP contribution in [0.15, 0.2) is 24.3 Å². The Morgan fingerprint density at radius 3 is 2.11 bits per heavy atom. The molecule has 3 heteroatoms. The summed E-state index contributed by atoms with van der Waals surface area (Å²) in [5.41, 5.74) is 3.94. The molecule has 0 saturated carbocycles. The van der Waals surface area contributed by atoms with Crippen molar-refractivity contribution in [3.8, 4) is 28.4 Å². The third-order valence-electron chi connectivity index (χ3n) is 3.16. The van der Waals surface area contributed by atoms with Gasteiger partial charge in [0, 0.05) is 17.2 Å². The van der Waals surface area contributed by atoms with E-state index in [1.807, 2.05) is 32.0 Å². The van der Waals surface area contributed by atoms with Gasteiger partial charge in [-0.15, -0.1) is 0 Å². The Bertz CT molecular complexity index is 589. The molecule has 2 rings (SSSR count). The van der Waals surface area contributed by atoms with Crippen LogP contribution in [0.2, 0.25) is 0 Å². The van der Waals surface area contributed by atoms with Gasteiger partial charge in [-0.05, 0) is 31.9 Å². The fraction of sp³-hybridized carbons (Fsp3) is 0.200. The molecule has 18 heavy (non-hydrogen) atoms. The molecule has 0 spiro atoms. The van der Waals surface area contributed by atoms with Crippen molar-refractivity contribution in [2.75, 3.05) is 0 Å². The van der Waals surface area contributed by atoms with E-state index in [0.29, 0.717) is 11.1 Å². The molecule has 0 aliphatic rings. The van der Waals surface area contributed by atoms with Crippen LogP contribution in [0.4, 0.5) is 0 Å². The van der Waals surface area contributed by atoms with E-state index in [4.69, 9.17) is 0 Å². The van der Waals surface area contributed by atoms with Crippen molar-refractivity contribution in [1.29, 1.82) is 0 Å². The first-order chi connectivity index (χ1) is 8.41. The van der Waals surface area contributed by atoms with Gasteiger partial charge in [0.15, 0.2) is 11.5 Å². The van der Waals surface area contributed by atoms with Gasteiger partial charge in [0.25, 0.3) is 0 Å². The van der Waals surface area contributed by atoms with Crippen molar-refractivity contribution in [3.05, 3.63) is 41.0 Å². The highest BCUT2D eigenvalue weighted by Crippen LogP contribution is 2.44. The number of phenolic OH excluding ortho intramolecular Hbond substituents is 3. The average Bonchev–Trinajstić information content (AvgIpc) is 2.29. The van der Waals surface area contributed by atoms with Gasteiger partial charge in [-0.25, -0.2) is 0 Å². The summed E-state index contributed by atoms with van der Waals surface area (Å²) in [5.74, 6) is -0.536. The molecule has 0 atom stereocenters. The minimum Gasteiger partial charge on any atom is -0.508 e. The number of hydrogen-bond acceptors (Lipinski definition) is 3. The lowest BCUT2D eigenvalue weighted by molar-refractivity contribution is 0.397. The quantitative estimate of drug-likeness (QED) is 0.532. The lowest BCUT2D eigenvalue weighted by Gasteiger charge is -2.14. The number of phenols is 3. The van der Waals surface area contributed by atoms with E-state index < -0.39 is 0 Å². The van der Waals surface area contributed by atoms with Gasteiger partial charge in [-0.2, -0.15) is 0 Å². The van der Waals surface area contributed by atoms with Crippen LogP contribution in [-0.4, -0.2) is 15.3 Å². The molecule has 0 aromatic heterocycles. The summed E-state index contributed by atoms with van der Waals surface area (Å²) in [6, 6.07) is 6.96.